The van der Waals surface area contributed by atoms with Crippen molar-refractivity contribution in [2.75, 3.05) is 23.0 Å². The van der Waals surface area contributed by atoms with Crippen molar-refractivity contribution in [3.05, 3.63) is 53.6 Å². The summed E-state index contributed by atoms with van der Waals surface area (Å²) in [6.07, 6.45) is 0.313. The Morgan fingerprint density at radius 3 is 2.73 bits per heavy atom. The first-order valence-corrected chi connectivity index (χ1v) is 13.4. The first kappa shape index (κ1) is 19.6. The predicted octanol–water partition coefficient (Wildman–Crippen LogP) is 1.95. The molecule has 0 saturated heterocycles. The molecular formula is C19H17N3O5S3. The molecule has 2 aromatic carbocycles. The number of hydrogen-bond acceptors (Lipinski definition) is 7. The molecule has 156 valence electrons. The highest BCUT2D eigenvalue weighted by molar-refractivity contribution is 8.15. The van der Waals surface area contributed by atoms with Crippen LogP contribution >= 0.6 is 11.8 Å². The number of sulfonamides is 1. The fourth-order valence-electron chi connectivity index (χ4n) is 3.85. The Bertz CT molecular complexity index is 1320. The van der Waals surface area contributed by atoms with E-state index in [1.54, 1.807) is 42.5 Å². The second-order valence-corrected chi connectivity index (χ2v) is 12.1. The van der Waals surface area contributed by atoms with Gasteiger partial charge in [0.25, 0.3) is 15.9 Å². The third kappa shape index (κ3) is 3.30. The van der Waals surface area contributed by atoms with Crippen molar-refractivity contribution in [2.45, 2.75) is 22.3 Å². The monoisotopic (exact) mass is 463 g/mol. The molecule has 0 aromatic heterocycles. The highest BCUT2D eigenvalue weighted by atomic mass is 32.2. The van der Waals surface area contributed by atoms with Crippen LogP contribution in [0.3, 0.4) is 0 Å². The van der Waals surface area contributed by atoms with Gasteiger partial charge >= 0.3 is 0 Å². The van der Waals surface area contributed by atoms with E-state index in [1.807, 2.05) is 4.90 Å². The van der Waals surface area contributed by atoms with Crippen molar-refractivity contribution in [2.24, 2.45) is 4.40 Å². The van der Waals surface area contributed by atoms with Crippen molar-refractivity contribution in [1.82, 2.24) is 5.32 Å². The molecule has 1 unspecified atom stereocenters. The molecule has 3 aliphatic heterocycles. The summed E-state index contributed by atoms with van der Waals surface area (Å²) in [5.74, 6) is -0.363. The minimum absolute atomic E-state index is 0.0156. The molecule has 3 heterocycles. The lowest BCUT2D eigenvalue weighted by Gasteiger charge is -2.26. The van der Waals surface area contributed by atoms with Crippen molar-refractivity contribution in [1.29, 1.82) is 0 Å². The molecule has 5 rings (SSSR count). The fraction of sp³-hybridized carbons (Fsp3) is 0.263. The lowest BCUT2D eigenvalue weighted by molar-refractivity contribution is 0.0934. The zero-order valence-electron chi connectivity index (χ0n) is 15.6. The van der Waals surface area contributed by atoms with Gasteiger partial charge in [-0.15, -0.1) is 4.40 Å². The predicted molar refractivity (Wildman–Crippen MR) is 114 cm³/mol. The van der Waals surface area contributed by atoms with Crippen LogP contribution < -0.4 is 10.2 Å². The lowest BCUT2D eigenvalue weighted by Crippen LogP contribution is -2.35. The number of amides is 1. The molecule has 11 heteroatoms. The molecule has 2 aromatic rings. The molecule has 1 N–H and O–H groups in total. The van der Waals surface area contributed by atoms with Gasteiger partial charge < -0.3 is 10.2 Å². The third-order valence-corrected chi connectivity index (χ3v) is 9.47. The third-order valence-electron chi connectivity index (χ3n) is 5.35. The van der Waals surface area contributed by atoms with E-state index in [0.29, 0.717) is 29.3 Å². The maximum atomic E-state index is 12.9. The second kappa shape index (κ2) is 6.82. The quantitative estimate of drug-likeness (QED) is 0.724. The van der Waals surface area contributed by atoms with Crippen LogP contribution in [0.5, 0.6) is 0 Å². The molecule has 30 heavy (non-hydrogen) atoms. The molecule has 0 saturated carbocycles. The van der Waals surface area contributed by atoms with Crippen LogP contribution in [-0.4, -0.2) is 46.0 Å². The molecule has 3 aliphatic rings. The number of carbonyl (C=O) groups is 1. The number of anilines is 1. The first-order chi connectivity index (χ1) is 14.2. The molecule has 8 nitrogen and oxygen atoms in total. The number of thioether (sulfide) groups is 1. The number of hydrogen-bond donors (Lipinski definition) is 1. The summed E-state index contributed by atoms with van der Waals surface area (Å²) < 4.78 is 51.9. The fourth-order valence-corrected chi connectivity index (χ4v) is 7.77. The Labute approximate surface area is 178 Å². The van der Waals surface area contributed by atoms with Gasteiger partial charge in [-0.1, -0.05) is 18.2 Å². The summed E-state index contributed by atoms with van der Waals surface area (Å²) >= 11 is 1.23. The number of fused-ring (bicyclic) bond motifs is 4. The maximum absolute atomic E-state index is 12.9. The average Bonchev–Trinajstić information content (AvgIpc) is 3.05. The Balaban J connectivity index is 1.41. The Hall–Kier alpha value is -2.37. The summed E-state index contributed by atoms with van der Waals surface area (Å²) in [6, 6.07) is 11.5. The number of sulfone groups is 1. The van der Waals surface area contributed by atoms with Crippen LogP contribution in [-0.2, 0) is 19.9 Å². The summed E-state index contributed by atoms with van der Waals surface area (Å²) in [5, 5.41) is 3.35. The highest BCUT2D eigenvalue weighted by Gasteiger charge is 2.34. The van der Waals surface area contributed by atoms with Crippen molar-refractivity contribution in [3.63, 3.8) is 0 Å². The highest BCUT2D eigenvalue weighted by Crippen LogP contribution is 2.42. The van der Waals surface area contributed by atoms with Gasteiger partial charge in [0.2, 0.25) is 0 Å². The number of rotatable bonds is 2. The molecule has 0 bridgehead atoms. The zero-order chi connectivity index (χ0) is 21.1. The molecule has 1 atom stereocenters. The van der Waals surface area contributed by atoms with Gasteiger partial charge in [0.15, 0.2) is 15.0 Å². The standard InChI is InChI=1S/C19H17N3O5S3/c23-18(20-14-7-9-29(24,25)17-4-2-1-3-13(14)17)12-5-6-15-16(11-12)28-19-21-30(26,27)10-8-22(15)19/h1-6,11,14H,7-10H2,(H,20,23). The van der Waals surface area contributed by atoms with Crippen molar-refractivity contribution in [3.8, 4) is 0 Å². The van der Waals surface area contributed by atoms with Gasteiger partial charge in [0, 0.05) is 17.0 Å². The van der Waals surface area contributed by atoms with Gasteiger partial charge in [0.05, 0.1) is 28.1 Å². The molecule has 0 spiro atoms. The zero-order valence-corrected chi connectivity index (χ0v) is 18.1. The van der Waals surface area contributed by atoms with Crippen LogP contribution in [0, 0.1) is 0 Å². The number of amidine groups is 1. The van der Waals surface area contributed by atoms with Crippen LogP contribution in [0.25, 0.3) is 0 Å². The van der Waals surface area contributed by atoms with Gasteiger partial charge in [0.1, 0.15) is 0 Å². The summed E-state index contributed by atoms with van der Waals surface area (Å²) in [4.78, 5) is 15.8. The molecule has 0 fully saturated rings. The van der Waals surface area contributed by atoms with E-state index in [2.05, 4.69) is 9.71 Å². The van der Waals surface area contributed by atoms with E-state index in [1.165, 1.54) is 11.8 Å². The van der Waals surface area contributed by atoms with Crippen LogP contribution in [0.2, 0.25) is 0 Å². The normalized spacial score (nSPS) is 23.0. The Kier molecular flexibility index (Phi) is 4.46. The number of benzene rings is 2. The van der Waals surface area contributed by atoms with E-state index < -0.39 is 19.9 Å². The molecule has 0 aliphatic carbocycles. The van der Waals surface area contributed by atoms with E-state index >= 15 is 0 Å². The van der Waals surface area contributed by atoms with Crippen LogP contribution in [0.15, 0.2) is 56.7 Å². The molecular weight excluding hydrogens is 446 g/mol. The second-order valence-electron chi connectivity index (χ2n) is 7.27. The Morgan fingerprint density at radius 2 is 1.90 bits per heavy atom. The van der Waals surface area contributed by atoms with Crippen molar-refractivity contribution < 1.29 is 21.6 Å². The first-order valence-electron chi connectivity index (χ1n) is 9.28. The minimum Gasteiger partial charge on any atom is -0.345 e. The average molecular weight is 464 g/mol. The topological polar surface area (TPSA) is 113 Å². The van der Waals surface area contributed by atoms with Crippen LogP contribution in [0.4, 0.5) is 5.69 Å². The molecule has 0 radical (unpaired) electrons. The summed E-state index contributed by atoms with van der Waals surface area (Å²) in [5.41, 5.74) is 1.86. The number of nitrogens with zero attached hydrogens (tertiary/aromatic N) is 2. The number of nitrogens with one attached hydrogen (secondary N) is 1. The van der Waals surface area contributed by atoms with Crippen LogP contribution in [0.1, 0.15) is 28.4 Å². The molecule has 1 amide bonds. The van der Waals surface area contributed by atoms with Gasteiger partial charge in [-0.05, 0) is 48.0 Å². The van der Waals surface area contributed by atoms with E-state index in [4.69, 9.17) is 0 Å². The maximum Gasteiger partial charge on any atom is 0.257 e. The SMILES string of the molecule is O=C(NC1CCS(=O)(=O)c2ccccc21)c1ccc2c(c1)SC1=NS(=O)(=O)CCN12. The van der Waals surface area contributed by atoms with E-state index in [-0.39, 0.29) is 28.4 Å². The Morgan fingerprint density at radius 1 is 1.10 bits per heavy atom. The lowest BCUT2D eigenvalue weighted by atomic mass is 10.0. The summed E-state index contributed by atoms with van der Waals surface area (Å²) in [6.45, 7) is 0.333. The van der Waals surface area contributed by atoms with Gasteiger partial charge in [-0.2, -0.15) is 0 Å². The largest absolute Gasteiger partial charge is 0.345 e. The van der Waals surface area contributed by atoms with E-state index in [9.17, 15) is 21.6 Å². The summed E-state index contributed by atoms with van der Waals surface area (Å²) in [7, 11) is -6.77. The van der Waals surface area contributed by atoms with Crippen molar-refractivity contribution >= 4 is 48.4 Å². The smallest absolute Gasteiger partial charge is 0.257 e. The minimum atomic E-state index is -3.44. The van der Waals surface area contributed by atoms with Gasteiger partial charge in [-0.25, -0.2) is 16.8 Å². The van der Waals surface area contributed by atoms with Gasteiger partial charge in [-0.3, -0.25) is 4.79 Å². The number of carbonyl (C=O) groups excluding carboxylic acids is 1. The van der Waals surface area contributed by atoms with E-state index in [0.717, 1.165) is 10.6 Å².